The maximum atomic E-state index is 12.4. The lowest BCUT2D eigenvalue weighted by molar-refractivity contribution is -0.275. The Bertz CT molecular complexity index is 464. The third kappa shape index (κ3) is 4.35. The van der Waals surface area contributed by atoms with Gasteiger partial charge in [-0.15, -0.1) is 13.2 Å². The highest BCUT2D eigenvalue weighted by atomic mass is 19.4. The molecule has 1 saturated carbocycles. The normalized spacial score (nSPS) is 22.8. The van der Waals surface area contributed by atoms with Gasteiger partial charge < -0.3 is 10.5 Å². The van der Waals surface area contributed by atoms with Gasteiger partial charge in [0.25, 0.3) is 0 Å². The Hall–Kier alpha value is -1.27. The van der Waals surface area contributed by atoms with Crippen molar-refractivity contribution >= 4 is 0 Å². The number of benzene rings is 1. The molecule has 2 N–H and O–H groups in total. The first-order chi connectivity index (χ1) is 9.90. The zero-order valence-corrected chi connectivity index (χ0v) is 12.1. The fraction of sp³-hybridized carbons (Fsp3) is 0.600. The van der Waals surface area contributed by atoms with Gasteiger partial charge in [-0.3, -0.25) is 4.90 Å². The van der Waals surface area contributed by atoms with Gasteiger partial charge in [0.05, 0.1) is 0 Å². The summed E-state index contributed by atoms with van der Waals surface area (Å²) >= 11 is 0. The highest BCUT2D eigenvalue weighted by molar-refractivity contribution is 5.33. The van der Waals surface area contributed by atoms with Gasteiger partial charge in [0.1, 0.15) is 5.75 Å². The monoisotopic (exact) mass is 302 g/mol. The Morgan fingerprint density at radius 2 is 2.00 bits per heavy atom. The largest absolute Gasteiger partial charge is 0.573 e. The predicted molar refractivity (Wildman–Crippen MR) is 74.8 cm³/mol. The molecule has 118 valence electrons. The van der Waals surface area contributed by atoms with Crippen LogP contribution in [0, 0.1) is 5.92 Å². The van der Waals surface area contributed by atoms with E-state index < -0.39 is 6.36 Å². The maximum absolute atomic E-state index is 12.4. The second-order valence-electron chi connectivity index (χ2n) is 5.56. The first-order valence-corrected chi connectivity index (χ1v) is 7.14. The van der Waals surface area contributed by atoms with Crippen LogP contribution in [0.25, 0.3) is 0 Å². The number of ether oxygens (including phenoxy) is 1. The first-order valence-electron chi connectivity index (χ1n) is 7.14. The van der Waals surface area contributed by atoms with Crippen LogP contribution in [-0.2, 0) is 6.54 Å². The van der Waals surface area contributed by atoms with Crippen molar-refractivity contribution in [2.75, 3.05) is 13.6 Å². The first kappa shape index (κ1) is 16.1. The van der Waals surface area contributed by atoms with Crippen molar-refractivity contribution in [2.24, 2.45) is 11.7 Å². The van der Waals surface area contributed by atoms with Crippen molar-refractivity contribution in [2.45, 2.75) is 38.2 Å². The summed E-state index contributed by atoms with van der Waals surface area (Å²) in [4.78, 5) is 2.09. The Labute approximate surface area is 122 Å². The van der Waals surface area contributed by atoms with E-state index in [4.69, 9.17) is 5.73 Å². The van der Waals surface area contributed by atoms with Crippen LogP contribution in [0.1, 0.15) is 24.8 Å². The van der Waals surface area contributed by atoms with E-state index in [2.05, 4.69) is 9.64 Å². The van der Waals surface area contributed by atoms with E-state index in [0.717, 1.165) is 19.3 Å². The number of hydrogen-bond donors (Lipinski definition) is 1. The zero-order chi connectivity index (χ0) is 15.5. The molecule has 1 fully saturated rings. The molecule has 1 aliphatic rings. The number of para-hydroxylation sites is 1. The fourth-order valence-corrected chi connectivity index (χ4v) is 3.12. The highest BCUT2D eigenvalue weighted by Gasteiger charge is 2.33. The molecule has 2 atom stereocenters. The molecule has 0 radical (unpaired) electrons. The molecule has 0 spiro atoms. The van der Waals surface area contributed by atoms with Crippen molar-refractivity contribution in [3.8, 4) is 5.75 Å². The Kier molecular flexibility index (Phi) is 5.11. The third-order valence-electron chi connectivity index (χ3n) is 4.11. The summed E-state index contributed by atoms with van der Waals surface area (Å²) in [7, 11) is 1.93. The molecule has 0 aliphatic heterocycles. The van der Waals surface area contributed by atoms with Crippen LogP contribution in [-0.4, -0.2) is 30.9 Å². The highest BCUT2D eigenvalue weighted by Crippen LogP contribution is 2.32. The molecule has 1 aromatic carbocycles. The Morgan fingerprint density at radius 3 is 2.67 bits per heavy atom. The molecular formula is C15H21F3N2O. The number of hydrogen-bond acceptors (Lipinski definition) is 3. The molecule has 21 heavy (non-hydrogen) atoms. The molecule has 6 heteroatoms. The van der Waals surface area contributed by atoms with Gasteiger partial charge in [0.15, 0.2) is 0 Å². The predicted octanol–water partition coefficient (Wildman–Crippen LogP) is 3.14. The lowest BCUT2D eigenvalue weighted by Crippen LogP contribution is -2.37. The second-order valence-corrected chi connectivity index (χ2v) is 5.56. The standard InChI is InChI=1S/C15H21F3N2O/c1-20(13-7-4-6-11(13)9-19)10-12-5-2-3-8-14(12)21-15(16,17)18/h2-3,5,8,11,13H,4,6-7,9-10,19H2,1H3. The molecule has 0 heterocycles. The van der Waals surface area contributed by atoms with Crippen molar-refractivity contribution in [1.82, 2.24) is 4.90 Å². The number of nitrogens with zero attached hydrogens (tertiary/aromatic N) is 1. The van der Waals surface area contributed by atoms with Crippen LogP contribution in [0.2, 0.25) is 0 Å². The molecule has 0 aromatic heterocycles. The van der Waals surface area contributed by atoms with Gasteiger partial charge in [0.2, 0.25) is 0 Å². The summed E-state index contributed by atoms with van der Waals surface area (Å²) in [6, 6.07) is 6.62. The lowest BCUT2D eigenvalue weighted by atomic mass is 10.0. The van der Waals surface area contributed by atoms with E-state index in [1.165, 1.54) is 6.07 Å². The minimum atomic E-state index is -4.66. The van der Waals surface area contributed by atoms with Crippen molar-refractivity contribution < 1.29 is 17.9 Å². The van der Waals surface area contributed by atoms with Gasteiger partial charge >= 0.3 is 6.36 Å². The van der Waals surface area contributed by atoms with E-state index in [9.17, 15) is 13.2 Å². The van der Waals surface area contributed by atoms with Crippen LogP contribution in [0.4, 0.5) is 13.2 Å². The van der Waals surface area contributed by atoms with E-state index >= 15 is 0 Å². The summed E-state index contributed by atoms with van der Waals surface area (Å²) in [6.07, 6.45) is -1.41. The smallest absolute Gasteiger partial charge is 0.405 e. The molecule has 0 bridgehead atoms. The van der Waals surface area contributed by atoms with Crippen LogP contribution < -0.4 is 10.5 Å². The van der Waals surface area contributed by atoms with Gasteiger partial charge in [-0.1, -0.05) is 24.6 Å². The number of nitrogens with two attached hydrogens (primary N) is 1. The van der Waals surface area contributed by atoms with E-state index in [1.807, 2.05) is 7.05 Å². The van der Waals surface area contributed by atoms with Gasteiger partial charge in [0, 0.05) is 18.2 Å². The van der Waals surface area contributed by atoms with Crippen molar-refractivity contribution in [1.29, 1.82) is 0 Å². The summed E-state index contributed by atoms with van der Waals surface area (Å²) in [6.45, 7) is 1.04. The van der Waals surface area contributed by atoms with Gasteiger partial charge in [-0.25, -0.2) is 0 Å². The van der Waals surface area contributed by atoms with Crippen LogP contribution in [0.15, 0.2) is 24.3 Å². The molecule has 0 saturated heterocycles. The Balaban J connectivity index is 2.08. The number of halogens is 3. The summed E-state index contributed by atoms with van der Waals surface area (Å²) in [5.74, 6) is 0.296. The van der Waals surface area contributed by atoms with E-state index in [1.54, 1.807) is 18.2 Å². The fourth-order valence-electron chi connectivity index (χ4n) is 3.12. The summed E-state index contributed by atoms with van der Waals surface area (Å²) in [5, 5.41) is 0. The summed E-state index contributed by atoms with van der Waals surface area (Å²) in [5.41, 5.74) is 6.31. The van der Waals surface area contributed by atoms with E-state index in [0.29, 0.717) is 30.6 Å². The maximum Gasteiger partial charge on any atom is 0.573 e. The second kappa shape index (κ2) is 6.66. The molecule has 2 unspecified atom stereocenters. The minimum Gasteiger partial charge on any atom is -0.405 e. The van der Waals surface area contributed by atoms with Crippen LogP contribution >= 0.6 is 0 Å². The van der Waals surface area contributed by atoms with E-state index in [-0.39, 0.29) is 5.75 Å². The average molecular weight is 302 g/mol. The molecule has 1 aliphatic carbocycles. The molecule has 2 rings (SSSR count). The quantitative estimate of drug-likeness (QED) is 0.908. The number of rotatable bonds is 5. The minimum absolute atomic E-state index is 0.126. The third-order valence-corrected chi connectivity index (χ3v) is 4.11. The molecule has 3 nitrogen and oxygen atoms in total. The average Bonchev–Trinajstić information content (AvgIpc) is 2.87. The van der Waals surface area contributed by atoms with Gasteiger partial charge in [-0.05, 0) is 38.4 Å². The topological polar surface area (TPSA) is 38.5 Å². The van der Waals surface area contributed by atoms with Crippen LogP contribution in [0.3, 0.4) is 0 Å². The lowest BCUT2D eigenvalue weighted by Gasteiger charge is -2.29. The molecule has 1 aromatic rings. The molecular weight excluding hydrogens is 281 g/mol. The van der Waals surface area contributed by atoms with Crippen molar-refractivity contribution in [3.63, 3.8) is 0 Å². The SMILES string of the molecule is CN(Cc1ccccc1OC(F)(F)F)C1CCCC1CN. The van der Waals surface area contributed by atoms with Crippen LogP contribution in [0.5, 0.6) is 5.75 Å². The van der Waals surface area contributed by atoms with Crippen molar-refractivity contribution in [3.05, 3.63) is 29.8 Å². The Morgan fingerprint density at radius 1 is 1.29 bits per heavy atom. The summed E-state index contributed by atoms with van der Waals surface area (Å²) < 4.78 is 41.4. The molecule has 0 amide bonds. The number of alkyl halides is 3. The zero-order valence-electron chi connectivity index (χ0n) is 12.1. The van der Waals surface area contributed by atoms with Gasteiger partial charge in [-0.2, -0.15) is 0 Å².